The van der Waals surface area contributed by atoms with Gasteiger partial charge in [0.25, 0.3) is 0 Å². The van der Waals surface area contributed by atoms with Crippen LogP contribution in [-0.4, -0.2) is 59.5 Å². The summed E-state index contributed by atoms with van der Waals surface area (Å²) >= 11 is 1.29. The van der Waals surface area contributed by atoms with Gasteiger partial charge in [0.2, 0.25) is 21.5 Å². The van der Waals surface area contributed by atoms with E-state index in [-0.39, 0.29) is 28.3 Å². The quantitative estimate of drug-likeness (QED) is 0.194. The standard InChI is InChI=1S/C26H23N3O9S2/c30-22-10-7-16-12-18(8-9-20(16)27-22)40(36,37)28-25(19-5-1-2-6-21(19)38-15-24(33)34)26(35)29(14-23(31)32)13-17-4-3-11-39-17/h1-12,25,28H,13-15H2,(H,27,30)(H,31,32)(H,33,34)/t25-/m0/s1. The molecule has 40 heavy (non-hydrogen) atoms. The van der Waals surface area contributed by atoms with E-state index in [4.69, 9.17) is 9.84 Å². The summed E-state index contributed by atoms with van der Waals surface area (Å²) in [5.74, 6) is -3.58. The third-order valence-corrected chi connectivity index (χ3v) is 7.95. The van der Waals surface area contributed by atoms with Crippen LogP contribution in [0.25, 0.3) is 10.9 Å². The minimum Gasteiger partial charge on any atom is -0.482 e. The molecule has 0 fully saturated rings. The van der Waals surface area contributed by atoms with Crippen molar-refractivity contribution >= 4 is 50.1 Å². The fraction of sp³-hybridized carbons (Fsp3) is 0.154. The van der Waals surface area contributed by atoms with Gasteiger partial charge in [0, 0.05) is 22.0 Å². The number of thiophene rings is 1. The number of ether oxygens (including phenoxy) is 1. The Hall–Kier alpha value is -4.53. The van der Waals surface area contributed by atoms with Gasteiger partial charge in [-0.25, -0.2) is 13.2 Å². The molecule has 208 valence electrons. The SMILES string of the molecule is O=C(O)COc1ccccc1[C@H](NS(=O)(=O)c1ccc2[nH]c(=O)ccc2c1)C(=O)N(CC(=O)O)Cc1cccs1. The average Bonchev–Trinajstić information content (AvgIpc) is 3.42. The number of fused-ring (bicyclic) bond motifs is 1. The maximum Gasteiger partial charge on any atom is 0.341 e. The van der Waals surface area contributed by atoms with Gasteiger partial charge in [-0.2, -0.15) is 4.72 Å². The highest BCUT2D eigenvalue weighted by Crippen LogP contribution is 2.30. The van der Waals surface area contributed by atoms with E-state index in [0.29, 0.717) is 15.8 Å². The number of sulfonamides is 1. The van der Waals surface area contributed by atoms with Crippen molar-refractivity contribution in [2.24, 2.45) is 0 Å². The zero-order chi connectivity index (χ0) is 28.9. The molecule has 12 nitrogen and oxygen atoms in total. The molecule has 0 saturated heterocycles. The second-order valence-corrected chi connectivity index (χ2v) is 11.3. The normalized spacial score (nSPS) is 12.1. The van der Waals surface area contributed by atoms with Gasteiger partial charge in [-0.15, -0.1) is 11.3 Å². The predicted molar refractivity (Wildman–Crippen MR) is 145 cm³/mol. The number of aromatic amines is 1. The molecule has 2 heterocycles. The van der Waals surface area contributed by atoms with Gasteiger partial charge in [-0.3, -0.25) is 14.4 Å². The van der Waals surface area contributed by atoms with Gasteiger partial charge in [0.05, 0.1) is 11.4 Å². The van der Waals surface area contributed by atoms with Gasteiger partial charge < -0.3 is 24.8 Å². The third-order valence-electron chi connectivity index (χ3n) is 5.67. The Morgan fingerprint density at radius 2 is 1.77 bits per heavy atom. The molecule has 4 N–H and O–H groups in total. The van der Waals surface area contributed by atoms with E-state index in [2.05, 4.69) is 9.71 Å². The number of benzene rings is 2. The third kappa shape index (κ3) is 6.91. The number of H-pyrrole nitrogens is 1. The summed E-state index contributed by atoms with van der Waals surface area (Å²) in [6, 6.07) is 14.2. The topological polar surface area (TPSA) is 183 Å². The first-order chi connectivity index (χ1) is 19.0. The summed E-state index contributed by atoms with van der Waals surface area (Å²) in [5, 5.41) is 20.8. The van der Waals surface area contributed by atoms with Crippen molar-refractivity contribution < 1.29 is 37.8 Å². The van der Waals surface area contributed by atoms with Crippen molar-refractivity contribution in [2.45, 2.75) is 17.5 Å². The Morgan fingerprint density at radius 3 is 2.48 bits per heavy atom. The number of rotatable bonds is 12. The predicted octanol–water partition coefficient (Wildman–Crippen LogP) is 2.19. The second-order valence-electron chi connectivity index (χ2n) is 8.51. The van der Waals surface area contributed by atoms with Gasteiger partial charge >= 0.3 is 11.9 Å². The van der Waals surface area contributed by atoms with Crippen LogP contribution in [0.1, 0.15) is 16.5 Å². The molecule has 0 aliphatic rings. The molecule has 0 saturated carbocycles. The molecule has 14 heteroatoms. The minimum absolute atomic E-state index is 0.0102. The van der Waals surface area contributed by atoms with E-state index in [1.165, 1.54) is 65.9 Å². The van der Waals surface area contributed by atoms with Crippen LogP contribution in [0.15, 0.2) is 81.8 Å². The van der Waals surface area contributed by atoms with Crippen LogP contribution in [0.2, 0.25) is 0 Å². The Bertz CT molecular complexity index is 1720. The number of nitrogens with one attached hydrogen (secondary N) is 2. The molecule has 1 amide bonds. The van der Waals surface area contributed by atoms with E-state index in [0.717, 1.165) is 4.90 Å². The first-order valence-corrected chi connectivity index (χ1v) is 14.0. The van der Waals surface area contributed by atoms with Crippen LogP contribution < -0.4 is 15.0 Å². The lowest BCUT2D eigenvalue weighted by atomic mass is 10.0. The maximum atomic E-state index is 13.9. The summed E-state index contributed by atoms with van der Waals surface area (Å²) in [6.07, 6.45) is 0. The smallest absolute Gasteiger partial charge is 0.341 e. The van der Waals surface area contributed by atoms with Gasteiger partial charge in [0.1, 0.15) is 18.3 Å². The number of carbonyl (C=O) groups excluding carboxylic acids is 1. The van der Waals surface area contributed by atoms with Crippen LogP contribution in [0.5, 0.6) is 5.75 Å². The molecule has 2 aromatic carbocycles. The lowest BCUT2D eigenvalue weighted by Gasteiger charge is -2.27. The highest BCUT2D eigenvalue weighted by molar-refractivity contribution is 7.89. The molecule has 0 aliphatic carbocycles. The van der Waals surface area contributed by atoms with Gasteiger partial charge in [-0.05, 0) is 47.2 Å². The highest BCUT2D eigenvalue weighted by atomic mass is 32.2. The summed E-state index contributed by atoms with van der Waals surface area (Å²) < 4.78 is 34.8. The van der Waals surface area contributed by atoms with E-state index < -0.39 is 47.1 Å². The molecular weight excluding hydrogens is 562 g/mol. The Kier molecular flexibility index (Phi) is 8.62. The van der Waals surface area contributed by atoms with Crippen molar-refractivity contribution in [2.75, 3.05) is 13.2 Å². The van der Waals surface area contributed by atoms with Crippen LogP contribution >= 0.6 is 11.3 Å². The average molecular weight is 586 g/mol. The minimum atomic E-state index is -4.43. The number of nitrogens with zero attached hydrogens (tertiary/aromatic N) is 1. The van der Waals surface area contributed by atoms with Crippen LogP contribution in [0.3, 0.4) is 0 Å². The molecule has 0 radical (unpaired) electrons. The van der Waals surface area contributed by atoms with E-state index >= 15 is 0 Å². The fourth-order valence-electron chi connectivity index (χ4n) is 3.91. The maximum absolute atomic E-state index is 13.9. The summed E-state index contributed by atoms with van der Waals surface area (Å²) in [6.45, 7) is -1.60. The van der Waals surface area contributed by atoms with Crippen molar-refractivity contribution in [3.05, 3.63) is 92.9 Å². The molecule has 4 rings (SSSR count). The summed E-state index contributed by atoms with van der Waals surface area (Å²) in [5.41, 5.74) is 0.0215. The number of carboxylic acids is 2. The Balaban J connectivity index is 1.78. The number of carboxylic acid groups (broad SMARTS) is 2. The molecule has 0 unspecified atom stereocenters. The number of carbonyl (C=O) groups is 3. The van der Waals surface area contributed by atoms with Crippen LogP contribution in [0, 0.1) is 0 Å². The zero-order valence-corrected chi connectivity index (χ0v) is 22.3. The first-order valence-electron chi connectivity index (χ1n) is 11.7. The number of aromatic nitrogens is 1. The van der Waals surface area contributed by atoms with Crippen molar-refractivity contribution in [3.63, 3.8) is 0 Å². The highest BCUT2D eigenvalue weighted by Gasteiger charge is 2.34. The molecule has 0 aliphatic heterocycles. The molecule has 4 aromatic rings. The van der Waals surface area contributed by atoms with Crippen LogP contribution in [0.4, 0.5) is 0 Å². The second kappa shape index (κ2) is 12.1. The molecule has 0 bridgehead atoms. The molecule has 2 aromatic heterocycles. The molecular formula is C26H23N3O9S2. The fourth-order valence-corrected chi connectivity index (χ4v) is 5.83. The van der Waals surface area contributed by atoms with Gasteiger partial charge in [0.15, 0.2) is 6.61 Å². The Morgan fingerprint density at radius 1 is 1.00 bits per heavy atom. The van der Waals surface area contributed by atoms with Crippen molar-refractivity contribution in [3.8, 4) is 5.75 Å². The van der Waals surface area contributed by atoms with E-state index in [1.54, 1.807) is 17.5 Å². The summed E-state index contributed by atoms with van der Waals surface area (Å²) in [4.78, 5) is 52.3. The zero-order valence-electron chi connectivity index (χ0n) is 20.6. The van der Waals surface area contributed by atoms with Crippen molar-refractivity contribution in [1.82, 2.24) is 14.6 Å². The lowest BCUT2D eigenvalue weighted by molar-refractivity contribution is -0.145. The number of aliphatic carboxylic acids is 2. The van der Waals surface area contributed by atoms with E-state index in [9.17, 15) is 32.7 Å². The molecule has 1 atom stereocenters. The number of hydrogen-bond donors (Lipinski definition) is 4. The summed E-state index contributed by atoms with van der Waals surface area (Å²) in [7, 11) is -4.43. The molecule has 0 spiro atoms. The Labute approximate surface area is 231 Å². The number of amides is 1. The number of para-hydroxylation sites is 1. The first kappa shape index (κ1) is 28.5. The van der Waals surface area contributed by atoms with E-state index in [1.807, 2.05) is 0 Å². The lowest BCUT2D eigenvalue weighted by Crippen LogP contribution is -2.44. The largest absolute Gasteiger partial charge is 0.482 e. The number of hydrogen-bond acceptors (Lipinski definition) is 8. The number of pyridine rings is 1. The van der Waals surface area contributed by atoms with Crippen LogP contribution in [-0.2, 0) is 31.0 Å². The van der Waals surface area contributed by atoms with Gasteiger partial charge in [-0.1, -0.05) is 24.3 Å². The van der Waals surface area contributed by atoms with Crippen molar-refractivity contribution in [1.29, 1.82) is 0 Å². The monoisotopic (exact) mass is 585 g/mol.